The van der Waals surface area contributed by atoms with Crippen LogP contribution in [0.5, 0.6) is 0 Å². The van der Waals surface area contributed by atoms with E-state index >= 15 is 0 Å². The molecule has 1 atom stereocenters. The van der Waals surface area contributed by atoms with E-state index in [2.05, 4.69) is 39.0 Å². The highest BCUT2D eigenvalue weighted by molar-refractivity contribution is 5.85. The zero-order valence-corrected chi connectivity index (χ0v) is 14.7. The third-order valence-corrected chi connectivity index (χ3v) is 3.84. The molecule has 0 aromatic carbocycles. The van der Waals surface area contributed by atoms with Crippen molar-refractivity contribution in [3.05, 3.63) is 12.8 Å². The SMILES string of the molecule is C=COCCCCOC1CC(=O)N(C)[N+]1=C(C(C)C)C(C)C. The summed E-state index contributed by atoms with van der Waals surface area (Å²) in [5.41, 5.74) is 1.24. The number of hydrazine groups is 1. The number of unbranched alkanes of at least 4 members (excludes halogenated alkanes) is 1. The van der Waals surface area contributed by atoms with E-state index in [0.717, 1.165) is 12.8 Å². The van der Waals surface area contributed by atoms with E-state index in [0.29, 0.717) is 31.5 Å². The summed E-state index contributed by atoms with van der Waals surface area (Å²) in [5.74, 6) is 0.861. The van der Waals surface area contributed by atoms with E-state index in [9.17, 15) is 4.79 Å². The number of hydrogen-bond donors (Lipinski definition) is 0. The van der Waals surface area contributed by atoms with E-state index in [-0.39, 0.29) is 12.1 Å². The van der Waals surface area contributed by atoms with Crippen molar-refractivity contribution >= 4 is 11.6 Å². The van der Waals surface area contributed by atoms with Crippen molar-refractivity contribution in [2.45, 2.75) is 53.2 Å². The van der Waals surface area contributed by atoms with Crippen molar-refractivity contribution in [1.29, 1.82) is 0 Å². The Bertz CT molecular complexity index is 406. The second kappa shape index (κ2) is 8.93. The first kappa shape index (κ1) is 18.7. The second-order valence-corrected chi connectivity index (χ2v) is 6.27. The van der Waals surface area contributed by atoms with Gasteiger partial charge in [-0.05, 0) is 12.8 Å². The van der Waals surface area contributed by atoms with Crippen LogP contribution in [0.15, 0.2) is 12.8 Å². The topological polar surface area (TPSA) is 41.8 Å². The van der Waals surface area contributed by atoms with Gasteiger partial charge in [-0.15, -0.1) is 5.01 Å². The fourth-order valence-corrected chi connectivity index (χ4v) is 2.94. The Morgan fingerprint density at radius 2 is 1.91 bits per heavy atom. The average Bonchev–Trinajstić information content (AvgIpc) is 2.70. The third-order valence-electron chi connectivity index (χ3n) is 3.84. The molecule has 1 saturated heterocycles. The van der Waals surface area contributed by atoms with Gasteiger partial charge in [-0.2, -0.15) is 0 Å². The molecular formula is C17H31N2O3+. The van der Waals surface area contributed by atoms with Crippen LogP contribution in [0.25, 0.3) is 0 Å². The standard InChI is InChI=1S/C17H31N2O3/c1-7-21-10-8-9-11-22-16-12-15(20)18(6)19(16)17(13(2)3)14(4)5/h7,13-14,16H,1,8-12H2,2-6H3/q+1. The van der Waals surface area contributed by atoms with Gasteiger partial charge < -0.3 is 9.47 Å². The van der Waals surface area contributed by atoms with Crippen molar-refractivity contribution in [2.24, 2.45) is 11.8 Å². The van der Waals surface area contributed by atoms with Gasteiger partial charge in [0.1, 0.15) is 6.42 Å². The first-order chi connectivity index (χ1) is 10.4. The van der Waals surface area contributed by atoms with Gasteiger partial charge in [0, 0.05) is 11.8 Å². The van der Waals surface area contributed by atoms with E-state index in [1.165, 1.54) is 12.0 Å². The lowest BCUT2D eigenvalue weighted by Crippen LogP contribution is -2.41. The van der Waals surface area contributed by atoms with Crippen molar-refractivity contribution in [3.8, 4) is 0 Å². The lowest BCUT2D eigenvalue weighted by Gasteiger charge is -2.19. The zero-order valence-electron chi connectivity index (χ0n) is 14.7. The molecule has 1 unspecified atom stereocenters. The van der Waals surface area contributed by atoms with Crippen molar-refractivity contribution in [3.63, 3.8) is 0 Å². The Balaban J connectivity index is 2.73. The molecular weight excluding hydrogens is 280 g/mol. The molecule has 126 valence electrons. The monoisotopic (exact) mass is 311 g/mol. The predicted molar refractivity (Wildman–Crippen MR) is 87.5 cm³/mol. The maximum Gasteiger partial charge on any atom is 0.295 e. The Morgan fingerprint density at radius 1 is 1.32 bits per heavy atom. The Morgan fingerprint density at radius 3 is 2.45 bits per heavy atom. The van der Waals surface area contributed by atoms with Crippen LogP contribution in [0.1, 0.15) is 47.0 Å². The Hall–Kier alpha value is -1.36. The van der Waals surface area contributed by atoms with Gasteiger partial charge in [0.2, 0.25) is 0 Å². The molecule has 0 saturated carbocycles. The molecule has 0 aromatic rings. The zero-order chi connectivity index (χ0) is 16.7. The summed E-state index contributed by atoms with van der Waals surface area (Å²) >= 11 is 0. The molecule has 0 bridgehead atoms. The predicted octanol–water partition coefficient (Wildman–Crippen LogP) is 2.81. The van der Waals surface area contributed by atoms with Crippen LogP contribution in [0.2, 0.25) is 0 Å². The van der Waals surface area contributed by atoms with Gasteiger partial charge in [-0.25, -0.2) is 0 Å². The third kappa shape index (κ3) is 4.83. The molecule has 1 rings (SSSR count). The van der Waals surface area contributed by atoms with Crippen LogP contribution >= 0.6 is 0 Å². The van der Waals surface area contributed by atoms with Gasteiger partial charge >= 0.3 is 0 Å². The number of amides is 1. The molecule has 5 nitrogen and oxygen atoms in total. The van der Waals surface area contributed by atoms with E-state index in [4.69, 9.17) is 9.47 Å². The molecule has 1 heterocycles. The molecule has 1 aliphatic heterocycles. The van der Waals surface area contributed by atoms with Crippen LogP contribution in [0, 0.1) is 11.8 Å². The van der Waals surface area contributed by atoms with Crippen LogP contribution in [-0.2, 0) is 14.3 Å². The second-order valence-electron chi connectivity index (χ2n) is 6.27. The molecule has 1 aliphatic rings. The average molecular weight is 311 g/mol. The Labute approximate surface area is 134 Å². The van der Waals surface area contributed by atoms with E-state index in [1.807, 2.05) is 7.05 Å². The molecule has 0 aromatic heterocycles. The molecule has 0 radical (unpaired) electrons. The number of rotatable bonds is 9. The minimum absolute atomic E-state index is 0.110. The minimum Gasteiger partial charge on any atom is -0.502 e. The first-order valence-electron chi connectivity index (χ1n) is 8.16. The van der Waals surface area contributed by atoms with Gasteiger partial charge in [-0.3, -0.25) is 4.79 Å². The maximum atomic E-state index is 12.1. The highest BCUT2D eigenvalue weighted by Crippen LogP contribution is 2.20. The maximum absolute atomic E-state index is 12.1. The van der Waals surface area contributed by atoms with E-state index < -0.39 is 0 Å². The van der Waals surface area contributed by atoms with E-state index in [1.54, 1.807) is 5.01 Å². The minimum atomic E-state index is -0.183. The van der Waals surface area contributed by atoms with Crippen LogP contribution in [-0.4, -0.2) is 47.8 Å². The highest BCUT2D eigenvalue weighted by atomic mass is 16.5. The first-order valence-corrected chi connectivity index (χ1v) is 8.16. The molecule has 1 fully saturated rings. The summed E-state index contributed by atoms with van der Waals surface area (Å²) in [5, 5.41) is 1.71. The molecule has 0 aliphatic carbocycles. The summed E-state index contributed by atoms with van der Waals surface area (Å²) < 4.78 is 13.1. The number of nitrogens with zero attached hydrogens (tertiary/aromatic N) is 2. The molecule has 22 heavy (non-hydrogen) atoms. The van der Waals surface area contributed by atoms with Crippen molar-refractivity contribution < 1.29 is 19.0 Å². The molecule has 0 spiro atoms. The number of carbonyl (C=O) groups excluding carboxylic acids is 1. The number of carbonyl (C=O) groups is 1. The van der Waals surface area contributed by atoms with Crippen molar-refractivity contribution in [1.82, 2.24) is 5.01 Å². The van der Waals surface area contributed by atoms with Crippen LogP contribution in [0.4, 0.5) is 0 Å². The van der Waals surface area contributed by atoms with Crippen LogP contribution in [0.3, 0.4) is 0 Å². The van der Waals surface area contributed by atoms with Crippen molar-refractivity contribution in [2.75, 3.05) is 20.3 Å². The molecule has 5 heteroatoms. The quantitative estimate of drug-likeness (QED) is 0.373. The lowest BCUT2D eigenvalue weighted by atomic mass is 9.97. The van der Waals surface area contributed by atoms with Gasteiger partial charge in [0.15, 0.2) is 5.71 Å². The number of hydrogen-bond acceptors (Lipinski definition) is 3. The normalized spacial score (nSPS) is 18.5. The molecule has 1 amide bonds. The summed E-state index contributed by atoms with van der Waals surface area (Å²) in [7, 11) is 1.83. The Kier molecular flexibility index (Phi) is 7.59. The fraction of sp³-hybridized carbons (Fsp3) is 0.765. The number of ether oxygens (including phenoxy) is 2. The summed E-state index contributed by atoms with van der Waals surface area (Å²) in [6.07, 6.45) is 3.53. The fourth-order valence-electron chi connectivity index (χ4n) is 2.94. The largest absolute Gasteiger partial charge is 0.502 e. The summed E-state index contributed by atoms with van der Waals surface area (Å²) in [6.45, 7) is 13.5. The summed E-state index contributed by atoms with van der Waals surface area (Å²) in [6, 6.07) is 0. The highest BCUT2D eigenvalue weighted by Gasteiger charge is 2.44. The van der Waals surface area contributed by atoms with Gasteiger partial charge in [0.05, 0.1) is 26.5 Å². The van der Waals surface area contributed by atoms with Crippen LogP contribution < -0.4 is 0 Å². The number of hydrazone groups is 1. The molecule has 0 N–H and O–H groups in total. The lowest BCUT2D eigenvalue weighted by molar-refractivity contribution is -0.712. The van der Waals surface area contributed by atoms with Gasteiger partial charge in [-0.1, -0.05) is 39.0 Å². The summed E-state index contributed by atoms with van der Waals surface area (Å²) in [4.78, 5) is 12.1. The smallest absolute Gasteiger partial charge is 0.295 e. The van der Waals surface area contributed by atoms with Gasteiger partial charge in [0.25, 0.3) is 12.1 Å².